The third-order valence-electron chi connectivity index (χ3n) is 4.35. The highest BCUT2D eigenvalue weighted by Crippen LogP contribution is 2.36. The molecule has 1 aliphatic heterocycles. The van der Waals surface area contributed by atoms with Crippen LogP contribution in [0, 0.1) is 5.82 Å². The molecule has 0 bridgehead atoms. The fraction of sp³-hybridized carbons (Fsp3) is 0.600. The molecule has 0 unspecified atom stereocenters. The van der Waals surface area contributed by atoms with Gasteiger partial charge in [0.1, 0.15) is 5.82 Å². The van der Waals surface area contributed by atoms with Crippen LogP contribution in [0.4, 0.5) is 14.5 Å². The molecule has 1 fully saturated rings. The first kappa shape index (κ1) is 19.1. The number of nitrogens with one attached hydrogen (secondary N) is 1. The summed E-state index contributed by atoms with van der Waals surface area (Å²) in [6.07, 6.45) is -0.145. The van der Waals surface area contributed by atoms with Crippen molar-refractivity contribution in [3.05, 3.63) is 24.0 Å². The van der Waals surface area contributed by atoms with Crippen LogP contribution in [0.2, 0.25) is 0 Å². The average molecular weight is 361 g/mol. The number of alkyl halides is 1. The molecule has 1 aromatic rings. The van der Waals surface area contributed by atoms with Crippen molar-refractivity contribution in [1.82, 2.24) is 0 Å². The molecule has 5 nitrogen and oxygen atoms in total. The van der Waals surface area contributed by atoms with Crippen LogP contribution < -0.4 is 10.2 Å². The van der Waals surface area contributed by atoms with E-state index in [0.717, 1.165) is 0 Å². The molecule has 9 heteroatoms. The quantitative estimate of drug-likeness (QED) is 0.790. The maximum Gasteiger partial charge on any atom is 0.497 e. The van der Waals surface area contributed by atoms with Crippen molar-refractivity contribution in [3.8, 4) is 0 Å². The molecular weight excluding hydrogens is 339 g/mol. The van der Waals surface area contributed by atoms with Gasteiger partial charge in [-0.15, -0.1) is 0 Å². The van der Waals surface area contributed by atoms with E-state index in [1.54, 1.807) is 0 Å². The van der Waals surface area contributed by atoms with E-state index in [-0.39, 0.29) is 17.6 Å². The van der Waals surface area contributed by atoms with Crippen molar-refractivity contribution in [1.29, 1.82) is 0 Å². The zero-order valence-corrected chi connectivity index (χ0v) is 15.0. The Morgan fingerprint density at radius 3 is 2.29 bits per heavy atom. The van der Waals surface area contributed by atoms with Crippen molar-refractivity contribution in [2.45, 2.75) is 45.3 Å². The third-order valence-corrected chi connectivity index (χ3v) is 5.70. The smallest absolute Gasteiger partial charge is 0.399 e. The minimum atomic E-state index is -3.82. The summed E-state index contributed by atoms with van der Waals surface area (Å²) in [5.74, 6) is -1.18. The molecule has 0 spiro atoms. The average Bonchev–Trinajstić information content (AvgIpc) is 2.67. The lowest BCUT2D eigenvalue weighted by molar-refractivity contribution is 0.00578. The molecule has 0 atom stereocenters. The van der Waals surface area contributed by atoms with E-state index in [4.69, 9.17) is 9.31 Å². The van der Waals surface area contributed by atoms with Crippen molar-refractivity contribution in [2.75, 3.05) is 17.1 Å². The fourth-order valence-corrected chi connectivity index (χ4v) is 3.33. The Labute approximate surface area is 141 Å². The van der Waals surface area contributed by atoms with E-state index in [9.17, 15) is 17.2 Å². The maximum atomic E-state index is 14.7. The first-order valence-corrected chi connectivity index (χ1v) is 9.35. The summed E-state index contributed by atoms with van der Waals surface area (Å²) >= 11 is 0. The van der Waals surface area contributed by atoms with Crippen LogP contribution >= 0.6 is 0 Å². The van der Waals surface area contributed by atoms with Crippen LogP contribution in [0.3, 0.4) is 0 Å². The van der Waals surface area contributed by atoms with Crippen molar-refractivity contribution < 1.29 is 26.5 Å². The lowest BCUT2D eigenvalue weighted by Crippen LogP contribution is -2.41. The summed E-state index contributed by atoms with van der Waals surface area (Å²) in [6, 6.07) is 4.30. The highest BCUT2D eigenvalue weighted by atomic mass is 32.2. The van der Waals surface area contributed by atoms with Gasteiger partial charge in [-0.3, -0.25) is 9.11 Å². The molecule has 0 radical (unpaired) electrons. The van der Waals surface area contributed by atoms with Gasteiger partial charge in [0, 0.05) is 5.46 Å². The summed E-state index contributed by atoms with van der Waals surface area (Å²) < 4.78 is 64.3. The molecule has 1 N–H and O–H groups in total. The number of anilines is 1. The van der Waals surface area contributed by atoms with Gasteiger partial charge < -0.3 is 9.31 Å². The molecule has 0 saturated carbocycles. The first-order valence-electron chi connectivity index (χ1n) is 7.69. The molecule has 134 valence electrons. The van der Waals surface area contributed by atoms with Gasteiger partial charge in [-0.1, -0.05) is 12.1 Å². The lowest BCUT2D eigenvalue weighted by Gasteiger charge is -2.32. The molecule has 1 heterocycles. The van der Waals surface area contributed by atoms with Crippen LogP contribution in [-0.2, 0) is 19.3 Å². The molecular formula is C15H22BF2NO4S. The molecule has 24 heavy (non-hydrogen) atoms. The number of rotatable bonds is 6. The van der Waals surface area contributed by atoms with Crippen LogP contribution in [0.5, 0.6) is 0 Å². The number of sulfonamides is 1. The summed E-state index contributed by atoms with van der Waals surface area (Å²) in [5.41, 5.74) is -1.37. The van der Waals surface area contributed by atoms with E-state index in [1.807, 2.05) is 27.7 Å². The van der Waals surface area contributed by atoms with Crippen LogP contribution in [0.1, 0.15) is 34.1 Å². The van der Waals surface area contributed by atoms with Crippen molar-refractivity contribution in [3.63, 3.8) is 0 Å². The topological polar surface area (TPSA) is 64.6 Å². The van der Waals surface area contributed by atoms with Crippen LogP contribution in [0.25, 0.3) is 0 Å². The van der Waals surface area contributed by atoms with Gasteiger partial charge >= 0.3 is 7.12 Å². The monoisotopic (exact) mass is 361 g/mol. The van der Waals surface area contributed by atoms with Crippen LogP contribution in [-0.4, -0.2) is 39.2 Å². The van der Waals surface area contributed by atoms with E-state index in [0.29, 0.717) is 0 Å². The number of halogens is 2. The Morgan fingerprint density at radius 2 is 1.75 bits per heavy atom. The largest absolute Gasteiger partial charge is 0.497 e. The standard InChI is InChI=1S/C15H22BF2NO4S/c1-14(2)15(3,4)23-16(22-14)11-7-5-8-12(13(11)18)19-24(20,21)10-6-9-17/h5,7-8,19H,6,9-10H2,1-4H3. The van der Waals surface area contributed by atoms with Gasteiger partial charge in [-0.25, -0.2) is 12.8 Å². The Morgan fingerprint density at radius 1 is 1.17 bits per heavy atom. The second kappa shape index (κ2) is 6.61. The van der Waals surface area contributed by atoms with E-state index in [2.05, 4.69) is 4.72 Å². The predicted molar refractivity (Wildman–Crippen MR) is 90.1 cm³/mol. The highest BCUT2D eigenvalue weighted by Gasteiger charge is 2.52. The fourth-order valence-electron chi connectivity index (χ4n) is 2.24. The summed E-state index contributed by atoms with van der Waals surface area (Å²) in [4.78, 5) is 0. The predicted octanol–water partition coefficient (Wildman–Crippen LogP) is 2.23. The molecule has 2 rings (SSSR count). The minimum Gasteiger partial charge on any atom is -0.399 e. The van der Waals surface area contributed by atoms with Gasteiger partial charge in [0.25, 0.3) is 0 Å². The lowest BCUT2D eigenvalue weighted by atomic mass is 9.78. The highest BCUT2D eigenvalue weighted by molar-refractivity contribution is 7.92. The SMILES string of the molecule is CC1(C)OB(c2cccc(NS(=O)(=O)CCCF)c2F)OC1(C)C. The van der Waals surface area contributed by atoms with E-state index < -0.39 is 46.6 Å². The molecule has 0 aliphatic carbocycles. The Hall–Kier alpha value is -1.19. The van der Waals surface area contributed by atoms with E-state index in [1.165, 1.54) is 18.2 Å². The normalized spacial score (nSPS) is 19.5. The van der Waals surface area contributed by atoms with Gasteiger partial charge in [0.05, 0.1) is 29.3 Å². The van der Waals surface area contributed by atoms with Gasteiger partial charge in [0.15, 0.2) is 0 Å². The summed E-state index contributed by atoms with van der Waals surface area (Å²) in [7, 11) is -4.76. The Bertz CT molecular complexity index is 693. The van der Waals surface area contributed by atoms with Crippen LogP contribution in [0.15, 0.2) is 18.2 Å². The Kier molecular flexibility index (Phi) is 5.27. The number of hydrogen-bond donors (Lipinski definition) is 1. The summed E-state index contributed by atoms with van der Waals surface area (Å²) in [5, 5.41) is 0. The first-order chi connectivity index (χ1) is 11.0. The molecule has 0 amide bonds. The van der Waals surface area contributed by atoms with Crippen molar-refractivity contribution in [2.24, 2.45) is 0 Å². The second-order valence-corrected chi connectivity index (χ2v) is 8.60. The summed E-state index contributed by atoms with van der Waals surface area (Å²) in [6.45, 7) is 6.61. The molecule has 1 aromatic carbocycles. The van der Waals surface area contributed by atoms with Gasteiger partial charge in [-0.2, -0.15) is 0 Å². The number of benzene rings is 1. The second-order valence-electron chi connectivity index (χ2n) is 6.76. The van der Waals surface area contributed by atoms with Crippen molar-refractivity contribution >= 4 is 28.3 Å². The third kappa shape index (κ3) is 3.89. The van der Waals surface area contributed by atoms with E-state index >= 15 is 0 Å². The van der Waals surface area contributed by atoms with Gasteiger partial charge in [0.2, 0.25) is 10.0 Å². The molecule has 1 aliphatic rings. The molecule has 1 saturated heterocycles. The zero-order chi connectivity index (χ0) is 18.2. The minimum absolute atomic E-state index is 0.111. The molecule has 0 aromatic heterocycles. The maximum absolute atomic E-state index is 14.7. The Balaban J connectivity index is 2.27. The zero-order valence-electron chi connectivity index (χ0n) is 14.2. The number of hydrogen-bond acceptors (Lipinski definition) is 4. The van der Waals surface area contributed by atoms with Gasteiger partial charge in [-0.05, 0) is 40.2 Å².